The van der Waals surface area contributed by atoms with Crippen molar-refractivity contribution in [3.8, 4) is 0 Å². The Labute approximate surface area is 117 Å². The molecule has 1 fully saturated rings. The van der Waals surface area contributed by atoms with Gasteiger partial charge < -0.3 is 15.8 Å². The number of carbonyl (C=O) groups excluding carboxylic acids is 1. The fourth-order valence-corrected chi connectivity index (χ4v) is 3.01. The molecule has 0 aliphatic carbocycles. The Kier molecular flexibility index (Phi) is 3.72. The van der Waals surface area contributed by atoms with Crippen molar-refractivity contribution >= 4 is 11.6 Å². The van der Waals surface area contributed by atoms with Gasteiger partial charge in [-0.3, -0.25) is 4.79 Å². The molecule has 0 spiro atoms. The molecule has 1 saturated heterocycles. The van der Waals surface area contributed by atoms with Crippen LogP contribution in [0.3, 0.4) is 0 Å². The van der Waals surface area contributed by atoms with Gasteiger partial charge >= 0.3 is 0 Å². The predicted octanol–water partition coefficient (Wildman–Crippen LogP) is 2.14. The minimum atomic E-state index is -0.329. The lowest BCUT2D eigenvalue weighted by atomic mass is 9.86. The van der Waals surface area contributed by atoms with E-state index in [1.165, 1.54) is 6.07 Å². The van der Waals surface area contributed by atoms with Gasteiger partial charge in [0.05, 0.1) is 0 Å². The summed E-state index contributed by atoms with van der Waals surface area (Å²) in [5.74, 6) is -0.127. The average Bonchev–Trinajstić information content (AvgIpc) is 2.46. The number of rotatable bonds is 2. The number of anilines is 1. The van der Waals surface area contributed by atoms with Crippen LogP contribution >= 0.6 is 0 Å². The lowest BCUT2D eigenvalue weighted by Crippen LogP contribution is -2.28. The molecule has 2 heterocycles. The van der Waals surface area contributed by atoms with Gasteiger partial charge in [-0.25, -0.2) is 4.39 Å². The Morgan fingerprint density at radius 3 is 2.80 bits per heavy atom. The number of amides is 1. The molecule has 2 aliphatic rings. The molecule has 1 aromatic rings. The minimum Gasteiger partial charge on any atom is -0.381 e. The van der Waals surface area contributed by atoms with Crippen LogP contribution in [0.4, 0.5) is 10.1 Å². The zero-order valence-electron chi connectivity index (χ0n) is 11.3. The number of nitrogens with one attached hydrogen (secondary N) is 1. The topological polar surface area (TPSA) is 64.3 Å². The molecule has 108 valence electrons. The maximum absolute atomic E-state index is 14.2. The van der Waals surface area contributed by atoms with Gasteiger partial charge in [-0.2, -0.15) is 0 Å². The third-order valence-corrected chi connectivity index (χ3v) is 4.25. The van der Waals surface area contributed by atoms with Gasteiger partial charge in [0.1, 0.15) is 5.82 Å². The SMILES string of the molecule is NC(c1cc2c(cc1F)NC(=O)CC2)C1CCOCC1. The number of halogens is 1. The summed E-state index contributed by atoms with van der Waals surface area (Å²) in [5.41, 5.74) is 8.37. The first-order valence-electron chi connectivity index (χ1n) is 7.10. The number of aryl methyl sites for hydroxylation is 1. The van der Waals surface area contributed by atoms with Gasteiger partial charge in [-0.15, -0.1) is 0 Å². The zero-order chi connectivity index (χ0) is 14.1. The highest BCUT2D eigenvalue weighted by Crippen LogP contribution is 2.33. The molecule has 2 aliphatic heterocycles. The number of ether oxygens (including phenoxy) is 1. The molecular formula is C15H19FN2O2. The van der Waals surface area contributed by atoms with Crippen LogP contribution in [0.1, 0.15) is 36.4 Å². The van der Waals surface area contributed by atoms with E-state index in [2.05, 4.69) is 5.32 Å². The van der Waals surface area contributed by atoms with Crippen LogP contribution in [-0.4, -0.2) is 19.1 Å². The molecule has 3 rings (SSSR count). The van der Waals surface area contributed by atoms with Crippen molar-refractivity contribution in [2.24, 2.45) is 11.7 Å². The Morgan fingerprint density at radius 2 is 2.05 bits per heavy atom. The fourth-order valence-electron chi connectivity index (χ4n) is 3.01. The Bertz CT molecular complexity index is 527. The van der Waals surface area contributed by atoms with Crippen molar-refractivity contribution in [1.29, 1.82) is 0 Å². The number of fused-ring (bicyclic) bond motifs is 1. The molecule has 3 N–H and O–H groups in total. The van der Waals surface area contributed by atoms with E-state index in [1.54, 1.807) is 0 Å². The molecule has 5 heteroatoms. The van der Waals surface area contributed by atoms with Crippen LogP contribution in [0.5, 0.6) is 0 Å². The largest absolute Gasteiger partial charge is 0.381 e. The molecule has 1 unspecified atom stereocenters. The monoisotopic (exact) mass is 278 g/mol. The van der Waals surface area contributed by atoms with Gasteiger partial charge in [-0.05, 0) is 42.9 Å². The van der Waals surface area contributed by atoms with Gasteiger partial charge in [0.15, 0.2) is 0 Å². The van der Waals surface area contributed by atoms with Crippen LogP contribution in [-0.2, 0) is 16.0 Å². The van der Waals surface area contributed by atoms with E-state index in [9.17, 15) is 9.18 Å². The summed E-state index contributed by atoms with van der Waals surface area (Å²) in [6, 6.07) is 2.92. The maximum atomic E-state index is 14.2. The highest BCUT2D eigenvalue weighted by Gasteiger charge is 2.26. The molecule has 4 nitrogen and oxygen atoms in total. The number of benzene rings is 1. The van der Waals surface area contributed by atoms with Gasteiger partial charge in [0.2, 0.25) is 5.91 Å². The highest BCUT2D eigenvalue weighted by atomic mass is 19.1. The first-order valence-corrected chi connectivity index (χ1v) is 7.10. The van der Waals surface area contributed by atoms with Crippen LogP contribution in [0.2, 0.25) is 0 Å². The summed E-state index contributed by atoms with van der Waals surface area (Å²) in [5, 5.41) is 2.71. The van der Waals surface area contributed by atoms with E-state index >= 15 is 0 Å². The summed E-state index contributed by atoms with van der Waals surface area (Å²) in [4.78, 5) is 11.3. The van der Waals surface area contributed by atoms with Crippen LogP contribution < -0.4 is 11.1 Å². The van der Waals surface area contributed by atoms with E-state index in [1.807, 2.05) is 6.07 Å². The Morgan fingerprint density at radius 1 is 1.30 bits per heavy atom. The molecule has 1 atom stereocenters. The van der Waals surface area contributed by atoms with E-state index < -0.39 is 0 Å². The van der Waals surface area contributed by atoms with E-state index in [-0.39, 0.29) is 23.7 Å². The standard InChI is InChI=1S/C15H19FN2O2/c16-12-8-13-10(1-2-14(19)18-13)7-11(12)15(17)9-3-5-20-6-4-9/h7-9,15H,1-6,17H2,(H,18,19). The van der Waals surface area contributed by atoms with Crippen molar-refractivity contribution < 1.29 is 13.9 Å². The van der Waals surface area contributed by atoms with Crippen LogP contribution in [0.15, 0.2) is 12.1 Å². The molecule has 1 aromatic carbocycles. The second-order valence-electron chi connectivity index (χ2n) is 5.55. The summed E-state index contributed by atoms with van der Waals surface area (Å²) in [7, 11) is 0. The molecule has 0 radical (unpaired) electrons. The molecule has 1 amide bonds. The third kappa shape index (κ3) is 2.55. The average molecular weight is 278 g/mol. The number of nitrogens with two attached hydrogens (primary N) is 1. The highest BCUT2D eigenvalue weighted by molar-refractivity contribution is 5.93. The van der Waals surface area contributed by atoms with Gasteiger partial charge in [0.25, 0.3) is 0 Å². The first kappa shape index (κ1) is 13.5. The van der Waals surface area contributed by atoms with Crippen LogP contribution in [0.25, 0.3) is 0 Å². The summed E-state index contributed by atoms with van der Waals surface area (Å²) >= 11 is 0. The lowest BCUT2D eigenvalue weighted by molar-refractivity contribution is -0.116. The summed E-state index contributed by atoms with van der Waals surface area (Å²) in [6.45, 7) is 1.39. The molecular weight excluding hydrogens is 259 g/mol. The zero-order valence-corrected chi connectivity index (χ0v) is 11.3. The maximum Gasteiger partial charge on any atom is 0.224 e. The second-order valence-corrected chi connectivity index (χ2v) is 5.55. The molecule has 0 bridgehead atoms. The molecule has 0 aromatic heterocycles. The van der Waals surface area contributed by atoms with Crippen molar-refractivity contribution in [2.75, 3.05) is 18.5 Å². The van der Waals surface area contributed by atoms with Crippen molar-refractivity contribution in [2.45, 2.75) is 31.7 Å². The molecule has 0 saturated carbocycles. The second kappa shape index (κ2) is 5.50. The third-order valence-electron chi connectivity index (χ3n) is 4.25. The molecule has 20 heavy (non-hydrogen) atoms. The van der Waals surface area contributed by atoms with E-state index in [4.69, 9.17) is 10.5 Å². The normalized spacial score (nSPS) is 21.2. The first-order chi connectivity index (χ1) is 9.65. The Balaban J connectivity index is 1.87. The smallest absolute Gasteiger partial charge is 0.224 e. The summed E-state index contributed by atoms with van der Waals surface area (Å²) in [6.07, 6.45) is 2.84. The lowest BCUT2D eigenvalue weighted by Gasteiger charge is -2.29. The Hall–Kier alpha value is -1.46. The quantitative estimate of drug-likeness (QED) is 0.871. The summed E-state index contributed by atoms with van der Waals surface area (Å²) < 4.78 is 19.6. The number of carbonyl (C=O) groups is 1. The van der Waals surface area contributed by atoms with E-state index in [0.717, 1.165) is 18.4 Å². The number of hydrogen-bond donors (Lipinski definition) is 2. The van der Waals surface area contributed by atoms with Crippen molar-refractivity contribution in [3.05, 3.63) is 29.1 Å². The van der Waals surface area contributed by atoms with Gasteiger partial charge in [0, 0.05) is 36.9 Å². The number of hydrogen-bond acceptors (Lipinski definition) is 3. The fraction of sp³-hybridized carbons (Fsp3) is 0.533. The minimum absolute atomic E-state index is 0.0571. The van der Waals surface area contributed by atoms with Gasteiger partial charge in [-0.1, -0.05) is 0 Å². The van der Waals surface area contributed by atoms with Crippen LogP contribution in [0, 0.1) is 11.7 Å². The van der Waals surface area contributed by atoms with Crippen molar-refractivity contribution in [3.63, 3.8) is 0 Å². The van der Waals surface area contributed by atoms with E-state index in [0.29, 0.717) is 37.3 Å². The van der Waals surface area contributed by atoms with Crippen molar-refractivity contribution in [1.82, 2.24) is 0 Å². The predicted molar refractivity (Wildman–Crippen MR) is 73.8 cm³/mol.